The van der Waals surface area contributed by atoms with Crippen LogP contribution >= 0.6 is 27.3 Å². The van der Waals surface area contributed by atoms with Gasteiger partial charge in [-0.25, -0.2) is 0 Å². The van der Waals surface area contributed by atoms with Gasteiger partial charge in [-0.3, -0.25) is 0 Å². The number of halogens is 1. The van der Waals surface area contributed by atoms with Crippen molar-refractivity contribution >= 4 is 27.3 Å². The number of rotatable bonds is 4. The first-order valence-corrected chi connectivity index (χ1v) is 7.80. The summed E-state index contributed by atoms with van der Waals surface area (Å²) >= 11 is 5.32. The Hall–Kier alpha value is 0.140. The molecule has 0 amide bonds. The van der Waals surface area contributed by atoms with Gasteiger partial charge in [-0.15, -0.1) is 11.3 Å². The molecule has 1 heterocycles. The van der Waals surface area contributed by atoms with Crippen LogP contribution < -0.4 is 0 Å². The average molecular weight is 303 g/mol. The fourth-order valence-electron chi connectivity index (χ4n) is 2.39. The van der Waals surface area contributed by atoms with E-state index >= 15 is 0 Å². The standard InChI is InChI=1S/C13H19BrOS/c1-2-10-4-3-5-11(8-10)15-9-13-12(14)6-7-16-13/h6-7,10-11H,2-5,8-9H2,1H3. The molecule has 3 heteroatoms. The lowest BCUT2D eigenvalue weighted by Crippen LogP contribution is -2.22. The molecule has 2 rings (SSSR count). The molecule has 0 N–H and O–H groups in total. The molecule has 1 aromatic rings. The first kappa shape index (κ1) is 12.6. The van der Waals surface area contributed by atoms with Crippen molar-refractivity contribution in [3.8, 4) is 0 Å². The van der Waals surface area contributed by atoms with E-state index < -0.39 is 0 Å². The Labute approximate surface area is 110 Å². The van der Waals surface area contributed by atoms with E-state index in [0.717, 1.165) is 12.5 Å². The van der Waals surface area contributed by atoms with E-state index in [1.54, 1.807) is 11.3 Å². The van der Waals surface area contributed by atoms with Crippen molar-refractivity contribution in [2.75, 3.05) is 0 Å². The Morgan fingerprint density at radius 2 is 2.38 bits per heavy atom. The molecule has 1 saturated carbocycles. The quantitative estimate of drug-likeness (QED) is 0.761. The van der Waals surface area contributed by atoms with Gasteiger partial charge >= 0.3 is 0 Å². The second-order valence-corrected chi connectivity index (χ2v) is 6.42. The highest BCUT2D eigenvalue weighted by Gasteiger charge is 2.21. The Morgan fingerprint density at radius 3 is 3.06 bits per heavy atom. The summed E-state index contributed by atoms with van der Waals surface area (Å²) < 4.78 is 7.22. The van der Waals surface area contributed by atoms with Gasteiger partial charge < -0.3 is 4.74 Å². The van der Waals surface area contributed by atoms with E-state index in [4.69, 9.17) is 4.74 Å². The molecule has 1 aliphatic rings. The van der Waals surface area contributed by atoms with Gasteiger partial charge in [0.1, 0.15) is 0 Å². The van der Waals surface area contributed by atoms with Gasteiger partial charge in [0.25, 0.3) is 0 Å². The molecule has 16 heavy (non-hydrogen) atoms. The summed E-state index contributed by atoms with van der Waals surface area (Å²) in [6.45, 7) is 3.07. The number of hydrogen-bond donors (Lipinski definition) is 0. The molecular formula is C13H19BrOS. The number of ether oxygens (including phenoxy) is 1. The summed E-state index contributed by atoms with van der Waals surface area (Å²) in [5, 5.41) is 2.11. The van der Waals surface area contributed by atoms with Crippen LogP contribution in [0.15, 0.2) is 15.9 Å². The molecule has 0 radical (unpaired) electrons. The normalized spacial score (nSPS) is 25.9. The van der Waals surface area contributed by atoms with Gasteiger partial charge in [-0.05, 0) is 46.1 Å². The fourth-order valence-corrected chi connectivity index (χ4v) is 3.77. The summed E-state index contributed by atoms with van der Waals surface area (Å²) in [5.41, 5.74) is 0. The summed E-state index contributed by atoms with van der Waals surface area (Å²) in [5.74, 6) is 0.894. The van der Waals surface area contributed by atoms with E-state index in [1.807, 2.05) is 0 Å². The predicted octanol–water partition coefficient (Wildman–Crippen LogP) is 5.00. The largest absolute Gasteiger partial charge is 0.373 e. The van der Waals surface area contributed by atoms with E-state index in [-0.39, 0.29) is 0 Å². The van der Waals surface area contributed by atoms with Gasteiger partial charge in [-0.2, -0.15) is 0 Å². The molecule has 1 nitrogen and oxygen atoms in total. The summed E-state index contributed by atoms with van der Waals surface area (Å²) in [6.07, 6.45) is 7.06. The van der Waals surface area contributed by atoms with E-state index in [9.17, 15) is 0 Å². The van der Waals surface area contributed by atoms with Crippen LogP contribution in [0.4, 0.5) is 0 Å². The highest BCUT2D eigenvalue weighted by atomic mass is 79.9. The Morgan fingerprint density at radius 1 is 1.50 bits per heavy atom. The van der Waals surface area contributed by atoms with Crippen molar-refractivity contribution in [2.24, 2.45) is 5.92 Å². The molecule has 0 saturated heterocycles. The lowest BCUT2D eigenvalue weighted by molar-refractivity contribution is 0.00277. The predicted molar refractivity (Wildman–Crippen MR) is 72.8 cm³/mol. The van der Waals surface area contributed by atoms with E-state index in [0.29, 0.717) is 6.10 Å². The van der Waals surface area contributed by atoms with Crippen molar-refractivity contribution in [1.29, 1.82) is 0 Å². The highest BCUT2D eigenvalue weighted by molar-refractivity contribution is 9.10. The zero-order valence-electron chi connectivity index (χ0n) is 9.75. The molecule has 1 fully saturated rings. The first-order chi connectivity index (χ1) is 7.79. The summed E-state index contributed by atoms with van der Waals surface area (Å²) in [7, 11) is 0. The van der Waals surface area contributed by atoms with Crippen LogP contribution in [0.2, 0.25) is 0 Å². The van der Waals surface area contributed by atoms with Gasteiger partial charge in [0.2, 0.25) is 0 Å². The molecule has 0 aliphatic heterocycles. The first-order valence-electron chi connectivity index (χ1n) is 6.13. The van der Waals surface area contributed by atoms with Crippen LogP contribution in [0.1, 0.15) is 43.9 Å². The zero-order valence-corrected chi connectivity index (χ0v) is 12.1. The minimum Gasteiger partial charge on any atom is -0.373 e. The molecule has 0 spiro atoms. The number of hydrogen-bond acceptors (Lipinski definition) is 2. The maximum atomic E-state index is 6.02. The van der Waals surface area contributed by atoms with E-state index in [1.165, 1.54) is 41.5 Å². The molecule has 0 bridgehead atoms. The molecule has 0 aromatic carbocycles. The molecule has 1 aliphatic carbocycles. The maximum Gasteiger partial charge on any atom is 0.0824 e. The second-order valence-electron chi connectivity index (χ2n) is 4.57. The van der Waals surface area contributed by atoms with Crippen LogP contribution in [-0.4, -0.2) is 6.10 Å². The van der Waals surface area contributed by atoms with Crippen LogP contribution in [0, 0.1) is 5.92 Å². The number of thiophene rings is 1. The Bertz CT molecular complexity index is 323. The summed E-state index contributed by atoms with van der Waals surface area (Å²) in [6, 6.07) is 2.10. The molecule has 2 atom stereocenters. The summed E-state index contributed by atoms with van der Waals surface area (Å²) in [4.78, 5) is 1.32. The third-order valence-electron chi connectivity index (χ3n) is 3.45. The minimum absolute atomic E-state index is 0.493. The van der Waals surface area contributed by atoms with Crippen LogP contribution in [-0.2, 0) is 11.3 Å². The Kier molecular flexibility index (Phi) is 4.86. The highest BCUT2D eigenvalue weighted by Crippen LogP contribution is 2.30. The molecule has 1 aromatic heterocycles. The van der Waals surface area contributed by atoms with Gasteiger partial charge in [-0.1, -0.05) is 26.2 Å². The van der Waals surface area contributed by atoms with Crippen LogP contribution in [0.3, 0.4) is 0 Å². The van der Waals surface area contributed by atoms with Gasteiger partial charge in [0, 0.05) is 9.35 Å². The van der Waals surface area contributed by atoms with E-state index in [2.05, 4.69) is 34.3 Å². The van der Waals surface area contributed by atoms with Crippen molar-refractivity contribution in [3.05, 3.63) is 20.8 Å². The van der Waals surface area contributed by atoms with Crippen molar-refractivity contribution in [1.82, 2.24) is 0 Å². The van der Waals surface area contributed by atoms with Crippen LogP contribution in [0.25, 0.3) is 0 Å². The second kappa shape index (κ2) is 6.18. The third-order valence-corrected chi connectivity index (χ3v) is 5.35. The maximum absolute atomic E-state index is 6.02. The van der Waals surface area contributed by atoms with Gasteiger partial charge in [0.15, 0.2) is 0 Å². The average Bonchev–Trinajstić information content (AvgIpc) is 2.72. The molecule has 90 valence electrons. The van der Waals surface area contributed by atoms with Crippen molar-refractivity contribution in [2.45, 2.75) is 51.7 Å². The molecular weight excluding hydrogens is 284 g/mol. The topological polar surface area (TPSA) is 9.23 Å². The SMILES string of the molecule is CCC1CCCC(OCc2sccc2Br)C1. The van der Waals surface area contributed by atoms with Crippen molar-refractivity contribution in [3.63, 3.8) is 0 Å². The lowest BCUT2D eigenvalue weighted by Gasteiger charge is -2.28. The Balaban J connectivity index is 1.79. The smallest absolute Gasteiger partial charge is 0.0824 e. The monoisotopic (exact) mass is 302 g/mol. The third kappa shape index (κ3) is 3.31. The van der Waals surface area contributed by atoms with Gasteiger partial charge in [0.05, 0.1) is 12.7 Å². The fraction of sp³-hybridized carbons (Fsp3) is 0.692. The molecule has 2 unspecified atom stereocenters. The van der Waals surface area contributed by atoms with Crippen molar-refractivity contribution < 1.29 is 4.74 Å². The van der Waals surface area contributed by atoms with Crippen LogP contribution in [0.5, 0.6) is 0 Å². The minimum atomic E-state index is 0.493. The zero-order chi connectivity index (χ0) is 11.4. The lowest BCUT2D eigenvalue weighted by atomic mass is 9.85.